The average Bonchev–Trinajstić information content (AvgIpc) is 2.62. The van der Waals surface area contributed by atoms with Crippen molar-refractivity contribution in [2.24, 2.45) is 5.10 Å². The molecule has 3 aromatic rings. The number of aromatic hydroxyl groups is 1. The molecule has 2 aromatic carbocycles. The molecule has 0 saturated heterocycles. The number of hydrazone groups is 1. The van der Waals surface area contributed by atoms with Crippen LogP contribution in [0.15, 0.2) is 59.7 Å². The van der Waals surface area contributed by atoms with Crippen LogP contribution in [0.2, 0.25) is 0 Å². The maximum atomic E-state index is 11.0. The molecule has 0 aliphatic rings. The Labute approximate surface area is 149 Å². The van der Waals surface area contributed by atoms with Crippen LogP contribution in [0.5, 0.6) is 5.75 Å². The summed E-state index contributed by atoms with van der Waals surface area (Å²) in [5.41, 5.74) is 4.26. The summed E-state index contributed by atoms with van der Waals surface area (Å²) in [6, 6.07) is 14.7. The summed E-state index contributed by atoms with van der Waals surface area (Å²) in [5.74, 6) is 0.838. The number of nitro benzene ring substituents is 1. The summed E-state index contributed by atoms with van der Waals surface area (Å²) in [7, 11) is 0. The first kappa shape index (κ1) is 17.0. The number of rotatable bonds is 5. The molecule has 0 spiro atoms. The third kappa shape index (κ3) is 3.81. The van der Waals surface area contributed by atoms with Crippen molar-refractivity contribution in [3.05, 3.63) is 76.0 Å². The highest BCUT2D eigenvalue weighted by Crippen LogP contribution is 2.26. The molecule has 130 valence electrons. The van der Waals surface area contributed by atoms with Gasteiger partial charge in [0.25, 0.3) is 5.69 Å². The first-order chi connectivity index (χ1) is 12.5. The van der Waals surface area contributed by atoms with Crippen LogP contribution < -0.4 is 5.43 Å². The highest BCUT2D eigenvalue weighted by molar-refractivity contribution is 5.85. The van der Waals surface area contributed by atoms with Crippen molar-refractivity contribution in [3.63, 3.8) is 0 Å². The Bertz CT molecular complexity index is 988. The van der Waals surface area contributed by atoms with E-state index < -0.39 is 4.92 Å². The molecule has 0 aliphatic heterocycles. The van der Waals surface area contributed by atoms with Gasteiger partial charge in [-0.2, -0.15) is 5.10 Å². The van der Waals surface area contributed by atoms with E-state index in [-0.39, 0.29) is 11.4 Å². The summed E-state index contributed by atoms with van der Waals surface area (Å²) in [4.78, 5) is 19.2. The van der Waals surface area contributed by atoms with Gasteiger partial charge in [0.1, 0.15) is 5.75 Å². The van der Waals surface area contributed by atoms with E-state index in [1.807, 2.05) is 0 Å². The third-order valence-corrected chi connectivity index (χ3v) is 3.52. The van der Waals surface area contributed by atoms with Gasteiger partial charge in [-0.15, -0.1) is 0 Å². The molecule has 26 heavy (non-hydrogen) atoms. The highest BCUT2D eigenvalue weighted by Gasteiger charge is 2.11. The van der Waals surface area contributed by atoms with Crippen molar-refractivity contribution in [2.75, 3.05) is 5.43 Å². The summed E-state index contributed by atoms with van der Waals surface area (Å²) >= 11 is 0. The van der Waals surface area contributed by atoms with E-state index in [2.05, 4.69) is 20.5 Å². The Morgan fingerprint density at radius 3 is 2.65 bits per heavy atom. The molecule has 0 atom stereocenters. The fourth-order valence-corrected chi connectivity index (χ4v) is 2.34. The number of benzene rings is 2. The lowest BCUT2D eigenvalue weighted by Crippen LogP contribution is -2.00. The number of aromatic nitrogens is 2. The lowest BCUT2D eigenvalue weighted by Gasteiger charge is -2.07. The summed E-state index contributed by atoms with van der Waals surface area (Å²) < 4.78 is 0. The van der Waals surface area contributed by atoms with Crippen molar-refractivity contribution in [1.29, 1.82) is 0 Å². The van der Waals surface area contributed by atoms with Crippen molar-refractivity contribution >= 4 is 17.7 Å². The number of aryl methyl sites for hydroxylation is 1. The number of phenolic OH excluding ortho intramolecular Hbond substituents is 1. The summed E-state index contributed by atoms with van der Waals surface area (Å²) in [6.07, 6.45) is 1.36. The number of para-hydroxylation sites is 2. The van der Waals surface area contributed by atoms with E-state index in [0.29, 0.717) is 28.5 Å². The molecule has 8 nitrogen and oxygen atoms in total. The Kier molecular flexibility index (Phi) is 4.84. The van der Waals surface area contributed by atoms with Crippen LogP contribution in [0, 0.1) is 17.0 Å². The zero-order valence-corrected chi connectivity index (χ0v) is 13.8. The lowest BCUT2D eigenvalue weighted by atomic mass is 10.2. The van der Waals surface area contributed by atoms with Crippen LogP contribution in [-0.2, 0) is 0 Å². The van der Waals surface area contributed by atoms with Gasteiger partial charge in [-0.3, -0.25) is 15.5 Å². The van der Waals surface area contributed by atoms with Gasteiger partial charge < -0.3 is 5.11 Å². The Balaban J connectivity index is 1.85. The molecule has 0 fully saturated rings. The van der Waals surface area contributed by atoms with Gasteiger partial charge in [-0.25, -0.2) is 9.97 Å². The normalized spacial score (nSPS) is 10.8. The number of nitrogens with zero attached hydrogens (tertiary/aromatic N) is 4. The molecule has 3 rings (SSSR count). The smallest absolute Gasteiger partial charge is 0.278 e. The van der Waals surface area contributed by atoms with Crippen LogP contribution in [-0.4, -0.2) is 26.2 Å². The highest BCUT2D eigenvalue weighted by atomic mass is 16.6. The first-order valence-electron chi connectivity index (χ1n) is 7.71. The predicted octanol–water partition coefficient (Wildman–Crippen LogP) is 3.51. The van der Waals surface area contributed by atoms with Crippen molar-refractivity contribution in [2.45, 2.75) is 6.92 Å². The first-order valence-corrected chi connectivity index (χ1v) is 7.71. The number of phenols is 1. The van der Waals surface area contributed by atoms with E-state index in [1.165, 1.54) is 12.3 Å². The van der Waals surface area contributed by atoms with Gasteiger partial charge in [0, 0.05) is 17.8 Å². The molecule has 0 radical (unpaired) electrons. The second-order valence-electron chi connectivity index (χ2n) is 5.42. The van der Waals surface area contributed by atoms with E-state index >= 15 is 0 Å². The zero-order chi connectivity index (χ0) is 18.5. The second-order valence-corrected chi connectivity index (χ2v) is 5.42. The Hall–Kier alpha value is -3.81. The molecule has 2 N–H and O–H groups in total. The van der Waals surface area contributed by atoms with Crippen LogP contribution in [0.25, 0.3) is 11.4 Å². The topological polar surface area (TPSA) is 114 Å². The van der Waals surface area contributed by atoms with Crippen LogP contribution in [0.4, 0.5) is 11.5 Å². The van der Waals surface area contributed by atoms with Gasteiger partial charge in [-0.1, -0.05) is 24.3 Å². The molecule has 0 aliphatic carbocycles. The number of nitro groups is 1. The minimum atomic E-state index is -0.466. The largest absolute Gasteiger partial charge is 0.507 e. The van der Waals surface area contributed by atoms with E-state index in [9.17, 15) is 15.2 Å². The molecule has 0 saturated carbocycles. The van der Waals surface area contributed by atoms with Gasteiger partial charge in [-0.05, 0) is 25.1 Å². The minimum absolute atomic E-state index is 0.0354. The van der Waals surface area contributed by atoms with Gasteiger partial charge in [0.05, 0.1) is 22.3 Å². The molecule has 1 aromatic heterocycles. The molecule has 0 amide bonds. The fourth-order valence-electron chi connectivity index (χ4n) is 2.34. The van der Waals surface area contributed by atoms with E-state index in [0.717, 1.165) is 0 Å². The van der Waals surface area contributed by atoms with Crippen molar-refractivity contribution in [1.82, 2.24) is 9.97 Å². The lowest BCUT2D eigenvalue weighted by molar-refractivity contribution is -0.385. The van der Waals surface area contributed by atoms with Crippen LogP contribution in [0.1, 0.15) is 11.3 Å². The van der Waals surface area contributed by atoms with E-state index in [4.69, 9.17) is 0 Å². The standard InChI is InChI=1S/C18H15N5O3/c1-12-10-17(21-18(20-12)14-7-3-5-9-16(14)24)22-19-11-13-6-2-4-8-15(13)23(25)26/h2-11,24H,1H3,(H,20,21,22)/b19-11+. The van der Waals surface area contributed by atoms with Crippen LogP contribution in [0.3, 0.4) is 0 Å². The number of anilines is 1. The van der Waals surface area contributed by atoms with Crippen molar-refractivity contribution < 1.29 is 10.0 Å². The molecule has 1 heterocycles. The third-order valence-electron chi connectivity index (χ3n) is 3.52. The molecule has 0 unspecified atom stereocenters. The Morgan fingerprint density at radius 2 is 1.88 bits per heavy atom. The molecular weight excluding hydrogens is 334 g/mol. The zero-order valence-electron chi connectivity index (χ0n) is 13.8. The monoisotopic (exact) mass is 349 g/mol. The minimum Gasteiger partial charge on any atom is -0.507 e. The maximum Gasteiger partial charge on any atom is 0.278 e. The maximum absolute atomic E-state index is 11.0. The predicted molar refractivity (Wildman–Crippen MR) is 98.2 cm³/mol. The number of nitrogens with one attached hydrogen (secondary N) is 1. The fraction of sp³-hybridized carbons (Fsp3) is 0.0556. The molecule has 0 bridgehead atoms. The van der Waals surface area contributed by atoms with Crippen LogP contribution >= 0.6 is 0 Å². The number of hydrogen-bond acceptors (Lipinski definition) is 7. The quantitative estimate of drug-likeness (QED) is 0.414. The van der Waals surface area contributed by atoms with Gasteiger partial charge in [0.15, 0.2) is 11.6 Å². The molecule has 8 heteroatoms. The summed E-state index contributed by atoms with van der Waals surface area (Å²) in [5, 5.41) is 25.0. The van der Waals surface area contributed by atoms with Gasteiger partial charge in [0.2, 0.25) is 0 Å². The summed E-state index contributed by atoms with van der Waals surface area (Å²) in [6.45, 7) is 1.79. The number of hydrogen-bond donors (Lipinski definition) is 2. The Morgan fingerprint density at radius 1 is 1.15 bits per heavy atom. The average molecular weight is 349 g/mol. The van der Waals surface area contributed by atoms with Gasteiger partial charge >= 0.3 is 0 Å². The second kappa shape index (κ2) is 7.39. The molecular formula is C18H15N5O3. The SMILES string of the molecule is Cc1cc(N/N=C/c2ccccc2[N+](=O)[O-])nc(-c2ccccc2O)n1. The van der Waals surface area contributed by atoms with E-state index in [1.54, 1.807) is 55.5 Å². The van der Waals surface area contributed by atoms with Crippen molar-refractivity contribution in [3.8, 4) is 17.1 Å².